The monoisotopic (exact) mass is 383 g/mol. The van der Waals surface area contributed by atoms with Crippen LogP contribution < -0.4 is 10.6 Å². The summed E-state index contributed by atoms with van der Waals surface area (Å²) in [5, 5.41) is 14.4. The lowest BCUT2D eigenvalue weighted by atomic mass is 10.2. The van der Waals surface area contributed by atoms with Crippen LogP contribution in [0.5, 0.6) is 0 Å². The number of carbonyl (C=O) groups is 1. The highest BCUT2D eigenvalue weighted by molar-refractivity contribution is 6.04. The van der Waals surface area contributed by atoms with E-state index in [1.54, 1.807) is 24.3 Å². The van der Waals surface area contributed by atoms with Crippen molar-refractivity contribution in [1.82, 2.24) is 9.97 Å². The van der Waals surface area contributed by atoms with Crippen LogP contribution in [0.1, 0.15) is 21.5 Å². The molecule has 3 rings (SSSR count). The van der Waals surface area contributed by atoms with E-state index >= 15 is 0 Å². The molecule has 1 heterocycles. The average Bonchev–Trinajstić information content (AvgIpc) is 2.68. The molecular weight excluding hydrogens is 371 g/mol. The van der Waals surface area contributed by atoms with E-state index in [-0.39, 0.29) is 11.5 Å². The zero-order valence-electron chi connectivity index (χ0n) is 14.2. The van der Waals surface area contributed by atoms with Crippen LogP contribution >= 0.6 is 0 Å². The lowest BCUT2D eigenvalue weighted by Gasteiger charge is -2.09. The van der Waals surface area contributed by atoms with E-state index in [0.29, 0.717) is 16.9 Å². The van der Waals surface area contributed by atoms with Gasteiger partial charge in [0.15, 0.2) is 0 Å². The standard InChI is InChI=1S/C19H12F3N5O/c20-19(21,22)14-5-7-15(8-6-14)26-18-24-10-13(11-25-18)17(28)27-16-4-2-1-3-12(16)9-23/h1-8,10-11H,(H,27,28)(H,24,25,26). The van der Waals surface area contributed by atoms with E-state index in [9.17, 15) is 18.0 Å². The maximum absolute atomic E-state index is 12.6. The number of amides is 1. The zero-order chi connectivity index (χ0) is 20.1. The van der Waals surface area contributed by atoms with Gasteiger partial charge in [0.1, 0.15) is 6.07 Å². The number of nitrogens with one attached hydrogen (secondary N) is 2. The molecule has 0 radical (unpaired) electrons. The van der Waals surface area contributed by atoms with Gasteiger partial charge in [-0.3, -0.25) is 4.79 Å². The molecule has 28 heavy (non-hydrogen) atoms. The Morgan fingerprint density at radius 3 is 2.25 bits per heavy atom. The third-order valence-electron chi connectivity index (χ3n) is 3.68. The van der Waals surface area contributed by atoms with Crippen LogP contribution in [-0.2, 0) is 6.18 Å². The van der Waals surface area contributed by atoms with Gasteiger partial charge >= 0.3 is 6.18 Å². The lowest BCUT2D eigenvalue weighted by molar-refractivity contribution is -0.137. The van der Waals surface area contributed by atoms with Gasteiger partial charge in [0.05, 0.1) is 22.4 Å². The smallest absolute Gasteiger partial charge is 0.324 e. The number of carbonyl (C=O) groups excluding carboxylic acids is 1. The number of hydrogen-bond donors (Lipinski definition) is 2. The van der Waals surface area contributed by atoms with E-state index in [1.165, 1.54) is 24.5 Å². The Kier molecular flexibility index (Phi) is 5.22. The second kappa shape index (κ2) is 7.75. The van der Waals surface area contributed by atoms with Crippen molar-refractivity contribution in [2.24, 2.45) is 0 Å². The summed E-state index contributed by atoms with van der Waals surface area (Å²) in [6.45, 7) is 0. The Balaban J connectivity index is 1.68. The molecule has 6 nitrogen and oxygen atoms in total. The molecule has 0 aliphatic heterocycles. The molecular formula is C19H12F3N5O. The molecule has 0 saturated carbocycles. The number of nitriles is 1. The molecule has 9 heteroatoms. The number of nitrogens with zero attached hydrogens (tertiary/aromatic N) is 3. The summed E-state index contributed by atoms with van der Waals surface area (Å²) in [7, 11) is 0. The molecule has 0 unspecified atom stereocenters. The van der Waals surface area contributed by atoms with Gasteiger partial charge in [-0.1, -0.05) is 12.1 Å². The molecule has 140 valence electrons. The molecule has 0 saturated heterocycles. The van der Waals surface area contributed by atoms with E-state index in [1.807, 2.05) is 6.07 Å². The molecule has 1 amide bonds. The summed E-state index contributed by atoms with van der Waals surface area (Å²) in [6.07, 6.45) is -1.87. The minimum Gasteiger partial charge on any atom is -0.324 e. The predicted octanol–water partition coefficient (Wildman–Crippen LogP) is 4.36. The van der Waals surface area contributed by atoms with Crippen molar-refractivity contribution < 1.29 is 18.0 Å². The second-order valence-corrected chi connectivity index (χ2v) is 5.61. The van der Waals surface area contributed by atoms with Gasteiger partial charge in [-0.25, -0.2) is 9.97 Å². The number of benzene rings is 2. The van der Waals surface area contributed by atoms with Crippen LogP contribution in [0.2, 0.25) is 0 Å². The molecule has 0 atom stereocenters. The van der Waals surface area contributed by atoms with E-state index in [2.05, 4.69) is 20.6 Å². The predicted molar refractivity (Wildman–Crippen MR) is 95.9 cm³/mol. The van der Waals surface area contributed by atoms with Gasteiger partial charge in [0.25, 0.3) is 5.91 Å². The molecule has 0 aliphatic rings. The maximum atomic E-state index is 12.6. The van der Waals surface area contributed by atoms with Gasteiger partial charge in [-0.05, 0) is 36.4 Å². The molecule has 2 N–H and O–H groups in total. The fourth-order valence-corrected chi connectivity index (χ4v) is 2.27. The number of hydrogen-bond acceptors (Lipinski definition) is 5. The summed E-state index contributed by atoms with van der Waals surface area (Å²) in [5.41, 5.74) is 0.446. The summed E-state index contributed by atoms with van der Waals surface area (Å²) in [5.74, 6) is -0.377. The first-order chi connectivity index (χ1) is 13.4. The zero-order valence-corrected chi connectivity index (χ0v) is 14.2. The van der Waals surface area contributed by atoms with Crippen molar-refractivity contribution in [2.75, 3.05) is 10.6 Å². The number of aromatic nitrogens is 2. The van der Waals surface area contributed by atoms with Gasteiger partial charge in [0.2, 0.25) is 5.95 Å². The van der Waals surface area contributed by atoms with Crippen molar-refractivity contribution in [3.05, 3.63) is 77.6 Å². The van der Waals surface area contributed by atoms with E-state index in [0.717, 1.165) is 12.1 Å². The fourth-order valence-electron chi connectivity index (χ4n) is 2.27. The summed E-state index contributed by atoms with van der Waals surface area (Å²) < 4.78 is 37.7. The van der Waals surface area contributed by atoms with Crippen molar-refractivity contribution in [3.8, 4) is 6.07 Å². The number of alkyl halides is 3. The Bertz CT molecular complexity index is 1030. The Hall–Kier alpha value is -3.93. The molecule has 0 aliphatic carbocycles. The number of halogens is 3. The maximum Gasteiger partial charge on any atom is 0.416 e. The SMILES string of the molecule is N#Cc1ccccc1NC(=O)c1cnc(Nc2ccc(C(F)(F)F)cc2)nc1. The van der Waals surface area contributed by atoms with Gasteiger partial charge in [0, 0.05) is 18.1 Å². The Morgan fingerprint density at radius 1 is 1.00 bits per heavy atom. The first-order valence-electron chi connectivity index (χ1n) is 7.93. The number of para-hydroxylation sites is 1. The average molecular weight is 383 g/mol. The Labute approximate surface area is 157 Å². The van der Waals surface area contributed by atoms with Crippen LogP contribution in [0.25, 0.3) is 0 Å². The molecule has 0 bridgehead atoms. The quantitative estimate of drug-likeness (QED) is 0.698. The van der Waals surface area contributed by atoms with Crippen molar-refractivity contribution in [1.29, 1.82) is 5.26 Å². The third-order valence-corrected chi connectivity index (χ3v) is 3.68. The molecule has 0 fully saturated rings. The first kappa shape index (κ1) is 18.8. The fraction of sp³-hybridized carbons (Fsp3) is 0.0526. The second-order valence-electron chi connectivity index (χ2n) is 5.61. The van der Waals surface area contributed by atoms with Crippen LogP contribution in [-0.4, -0.2) is 15.9 Å². The normalized spacial score (nSPS) is 10.8. The van der Waals surface area contributed by atoms with Crippen LogP contribution in [0.4, 0.5) is 30.5 Å². The molecule has 1 aromatic heterocycles. The van der Waals surface area contributed by atoms with Crippen molar-refractivity contribution >= 4 is 23.2 Å². The highest BCUT2D eigenvalue weighted by Crippen LogP contribution is 2.30. The van der Waals surface area contributed by atoms with Gasteiger partial charge in [-0.2, -0.15) is 18.4 Å². The number of anilines is 3. The van der Waals surface area contributed by atoms with Crippen molar-refractivity contribution in [3.63, 3.8) is 0 Å². The Morgan fingerprint density at radius 2 is 1.64 bits per heavy atom. The van der Waals surface area contributed by atoms with Crippen LogP contribution in [0.15, 0.2) is 60.9 Å². The van der Waals surface area contributed by atoms with Crippen molar-refractivity contribution in [2.45, 2.75) is 6.18 Å². The molecule has 3 aromatic rings. The van der Waals surface area contributed by atoms with E-state index in [4.69, 9.17) is 5.26 Å². The van der Waals surface area contributed by atoms with Gasteiger partial charge < -0.3 is 10.6 Å². The minimum absolute atomic E-state index is 0.119. The summed E-state index contributed by atoms with van der Waals surface area (Å²) in [6, 6.07) is 12.9. The van der Waals surface area contributed by atoms with Crippen LogP contribution in [0.3, 0.4) is 0 Å². The first-order valence-corrected chi connectivity index (χ1v) is 7.93. The van der Waals surface area contributed by atoms with Crippen LogP contribution in [0, 0.1) is 11.3 Å². The van der Waals surface area contributed by atoms with Gasteiger partial charge in [-0.15, -0.1) is 0 Å². The lowest BCUT2D eigenvalue weighted by Crippen LogP contribution is -2.14. The minimum atomic E-state index is -4.41. The summed E-state index contributed by atoms with van der Waals surface area (Å²) in [4.78, 5) is 20.2. The van der Waals surface area contributed by atoms with E-state index < -0.39 is 17.6 Å². The topological polar surface area (TPSA) is 90.7 Å². The third kappa shape index (κ3) is 4.42. The molecule has 0 spiro atoms. The summed E-state index contributed by atoms with van der Waals surface area (Å²) >= 11 is 0. The highest BCUT2D eigenvalue weighted by atomic mass is 19.4. The highest BCUT2D eigenvalue weighted by Gasteiger charge is 2.29. The number of rotatable bonds is 4. The largest absolute Gasteiger partial charge is 0.416 e. The molecule has 2 aromatic carbocycles.